The number of carbonyl (C=O) groups is 1. The average molecular weight is 249 g/mol. The standard InChI is InChI=1S/C13H19N3O2/c1-5-6-7-16-10-14-8-11(16)9-15-12(17)18-13(2,3)4/h1,8,10H,6-7,9H2,2-4H3,(H,15,17). The third-order valence-electron chi connectivity index (χ3n) is 2.11. The zero-order valence-electron chi connectivity index (χ0n) is 11.1. The lowest BCUT2D eigenvalue weighted by Gasteiger charge is -2.19. The Morgan fingerprint density at radius 3 is 2.94 bits per heavy atom. The number of amides is 1. The van der Waals surface area contributed by atoms with Crippen molar-refractivity contribution in [1.82, 2.24) is 14.9 Å². The molecular weight excluding hydrogens is 230 g/mol. The predicted octanol–water partition coefficient (Wildman–Crippen LogP) is 1.93. The van der Waals surface area contributed by atoms with Crippen LogP contribution in [0.2, 0.25) is 0 Å². The Labute approximate surface area is 108 Å². The second-order valence-electron chi connectivity index (χ2n) is 4.89. The SMILES string of the molecule is C#CCCn1cncc1CNC(=O)OC(C)(C)C. The summed E-state index contributed by atoms with van der Waals surface area (Å²) in [5, 5.41) is 2.68. The second-order valence-corrected chi connectivity index (χ2v) is 4.89. The third-order valence-corrected chi connectivity index (χ3v) is 2.11. The molecule has 1 aromatic rings. The number of terminal acetylenes is 1. The molecule has 0 aliphatic rings. The summed E-state index contributed by atoms with van der Waals surface area (Å²) in [6.45, 7) is 6.54. The number of rotatable bonds is 4. The van der Waals surface area contributed by atoms with Crippen molar-refractivity contribution in [3.8, 4) is 12.3 Å². The molecule has 0 saturated heterocycles. The monoisotopic (exact) mass is 249 g/mol. The van der Waals surface area contributed by atoms with E-state index in [9.17, 15) is 4.79 Å². The molecule has 0 aromatic carbocycles. The Hall–Kier alpha value is -1.96. The molecule has 0 spiro atoms. The van der Waals surface area contributed by atoms with Crippen LogP contribution in [-0.2, 0) is 17.8 Å². The van der Waals surface area contributed by atoms with E-state index < -0.39 is 11.7 Å². The van der Waals surface area contributed by atoms with Gasteiger partial charge in [-0.05, 0) is 20.8 Å². The molecule has 0 unspecified atom stereocenters. The van der Waals surface area contributed by atoms with Crippen LogP contribution in [0.3, 0.4) is 0 Å². The number of aromatic nitrogens is 2. The Morgan fingerprint density at radius 1 is 1.61 bits per heavy atom. The maximum Gasteiger partial charge on any atom is 0.407 e. The van der Waals surface area contributed by atoms with Gasteiger partial charge in [0.25, 0.3) is 0 Å². The summed E-state index contributed by atoms with van der Waals surface area (Å²) in [6.07, 6.45) is 8.81. The number of alkyl carbamates (subject to hydrolysis) is 1. The Balaban J connectivity index is 2.46. The molecule has 0 saturated carbocycles. The van der Waals surface area contributed by atoms with Gasteiger partial charge in [-0.3, -0.25) is 0 Å². The molecule has 1 N–H and O–H groups in total. The molecule has 0 radical (unpaired) electrons. The minimum absolute atomic E-state index is 0.374. The van der Waals surface area contributed by atoms with Crippen molar-refractivity contribution in [2.24, 2.45) is 0 Å². The normalized spacial score (nSPS) is 10.8. The number of ether oxygens (including phenoxy) is 1. The van der Waals surface area contributed by atoms with Gasteiger partial charge in [-0.15, -0.1) is 12.3 Å². The number of hydrogen-bond acceptors (Lipinski definition) is 3. The molecule has 1 amide bonds. The molecule has 5 nitrogen and oxygen atoms in total. The first kappa shape index (κ1) is 14.1. The van der Waals surface area contributed by atoms with Crippen LogP contribution in [-0.4, -0.2) is 21.2 Å². The highest BCUT2D eigenvalue weighted by Crippen LogP contribution is 2.07. The van der Waals surface area contributed by atoms with Crippen molar-refractivity contribution in [3.63, 3.8) is 0 Å². The highest BCUT2D eigenvalue weighted by Gasteiger charge is 2.16. The highest BCUT2D eigenvalue weighted by atomic mass is 16.6. The zero-order valence-corrected chi connectivity index (χ0v) is 11.1. The third kappa shape index (κ3) is 4.91. The van der Waals surface area contributed by atoms with E-state index >= 15 is 0 Å². The smallest absolute Gasteiger partial charge is 0.407 e. The molecule has 1 heterocycles. The van der Waals surface area contributed by atoms with Crippen LogP contribution in [0.1, 0.15) is 32.9 Å². The fraction of sp³-hybridized carbons (Fsp3) is 0.538. The predicted molar refractivity (Wildman–Crippen MR) is 68.8 cm³/mol. The molecule has 0 aliphatic heterocycles. The number of carbonyl (C=O) groups excluding carboxylic acids is 1. The van der Waals surface area contributed by atoms with Crippen LogP contribution in [0.25, 0.3) is 0 Å². The van der Waals surface area contributed by atoms with Crippen molar-refractivity contribution in [2.45, 2.75) is 45.9 Å². The number of nitrogens with one attached hydrogen (secondary N) is 1. The van der Waals surface area contributed by atoms with E-state index in [-0.39, 0.29) is 0 Å². The first-order chi connectivity index (χ1) is 8.42. The van der Waals surface area contributed by atoms with Crippen LogP contribution in [0.15, 0.2) is 12.5 Å². The molecule has 1 rings (SSSR count). The van der Waals surface area contributed by atoms with Crippen LogP contribution in [0.4, 0.5) is 4.79 Å². The molecule has 98 valence electrons. The number of aryl methyl sites for hydroxylation is 1. The van der Waals surface area contributed by atoms with E-state index in [4.69, 9.17) is 11.2 Å². The molecule has 0 aliphatic carbocycles. The molecule has 0 atom stereocenters. The van der Waals surface area contributed by atoms with Crippen molar-refractivity contribution in [3.05, 3.63) is 18.2 Å². The Bertz CT molecular complexity index is 438. The van der Waals surface area contributed by atoms with Crippen LogP contribution >= 0.6 is 0 Å². The van der Waals surface area contributed by atoms with E-state index in [0.717, 1.165) is 5.69 Å². The van der Waals surface area contributed by atoms with Gasteiger partial charge in [0.05, 0.1) is 18.6 Å². The van der Waals surface area contributed by atoms with E-state index in [1.165, 1.54) is 0 Å². The first-order valence-electron chi connectivity index (χ1n) is 5.81. The minimum Gasteiger partial charge on any atom is -0.444 e. The summed E-state index contributed by atoms with van der Waals surface area (Å²) < 4.78 is 7.06. The number of nitrogens with zero attached hydrogens (tertiary/aromatic N) is 2. The quantitative estimate of drug-likeness (QED) is 0.829. The fourth-order valence-electron chi connectivity index (χ4n) is 1.36. The van der Waals surface area contributed by atoms with Gasteiger partial charge in [-0.2, -0.15) is 0 Å². The van der Waals surface area contributed by atoms with Gasteiger partial charge in [0, 0.05) is 19.2 Å². The first-order valence-corrected chi connectivity index (χ1v) is 5.81. The van der Waals surface area contributed by atoms with Gasteiger partial charge >= 0.3 is 6.09 Å². The fourth-order valence-corrected chi connectivity index (χ4v) is 1.36. The van der Waals surface area contributed by atoms with Crippen LogP contribution in [0.5, 0.6) is 0 Å². The minimum atomic E-state index is -0.492. The van der Waals surface area contributed by atoms with Crippen LogP contribution in [0, 0.1) is 12.3 Å². The van der Waals surface area contributed by atoms with Gasteiger partial charge in [-0.25, -0.2) is 9.78 Å². The Morgan fingerprint density at radius 2 is 2.33 bits per heavy atom. The van der Waals surface area contributed by atoms with Crippen molar-refractivity contribution < 1.29 is 9.53 Å². The summed E-state index contributed by atoms with van der Waals surface area (Å²) in [5.74, 6) is 2.57. The number of hydrogen-bond donors (Lipinski definition) is 1. The largest absolute Gasteiger partial charge is 0.444 e. The Kier molecular flexibility index (Phi) is 4.78. The summed E-state index contributed by atoms with van der Waals surface area (Å²) in [7, 11) is 0. The van der Waals surface area contributed by atoms with Crippen molar-refractivity contribution in [1.29, 1.82) is 0 Å². The lowest BCUT2D eigenvalue weighted by molar-refractivity contribution is 0.0522. The summed E-state index contributed by atoms with van der Waals surface area (Å²) in [4.78, 5) is 15.5. The molecule has 0 fully saturated rings. The highest BCUT2D eigenvalue weighted by molar-refractivity contribution is 5.67. The maximum absolute atomic E-state index is 11.5. The van der Waals surface area contributed by atoms with Gasteiger partial charge in [0.1, 0.15) is 5.60 Å². The van der Waals surface area contributed by atoms with E-state index in [2.05, 4.69) is 16.2 Å². The topological polar surface area (TPSA) is 56.2 Å². The maximum atomic E-state index is 11.5. The van der Waals surface area contributed by atoms with Crippen molar-refractivity contribution in [2.75, 3.05) is 0 Å². The second kappa shape index (κ2) is 6.10. The number of imidazole rings is 1. The lowest BCUT2D eigenvalue weighted by Crippen LogP contribution is -2.32. The van der Waals surface area contributed by atoms with Gasteiger partial charge < -0.3 is 14.6 Å². The lowest BCUT2D eigenvalue weighted by atomic mass is 10.2. The molecular formula is C13H19N3O2. The van der Waals surface area contributed by atoms with Crippen LogP contribution < -0.4 is 5.32 Å². The molecule has 18 heavy (non-hydrogen) atoms. The summed E-state index contributed by atoms with van der Waals surface area (Å²) >= 11 is 0. The molecule has 5 heteroatoms. The van der Waals surface area contributed by atoms with Gasteiger partial charge in [0.15, 0.2) is 0 Å². The molecule has 1 aromatic heterocycles. The van der Waals surface area contributed by atoms with E-state index in [0.29, 0.717) is 19.5 Å². The van der Waals surface area contributed by atoms with E-state index in [1.807, 2.05) is 25.3 Å². The molecule has 0 bridgehead atoms. The summed E-state index contributed by atoms with van der Waals surface area (Å²) in [5.41, 5.74) is 0.407. The average Bonchev–Trinajstić information content (AvgIpc) is 2.68. The van der Waals surface area contributed by atoms with E-state index in [1.54, 1.807) is 12.5 Å². The van der Waals surface area contributed by atoms with Gasteiger partial charge in [0.2, 0.25) is 0 Å². The van der Waals surface area contributed by atoms with Crippen molar-refractivity contribution >= 4 is 6.09 Å². The zero-order chi connectivity index (χ0) is 13.6. The van der Waals surface area contributed by atoms with Gasteiger partial charge in [-0.1, -0.05) is 0 Å². The summed E-state index contributed by atoms with van der Waals surface area (Å²) in [6, 6.07) is 0.